The van der Waals surface area contributed by atoms with Crippen LogP contribution in [-0.4, -0.2) is 22.4 Å². The van der Waals surface area contributed by atoms with Crippen LogP contribution in [0.4, 0.5) is 0 Å². The number of aromatic nitrogens is 2. The Hall–Kier alpha value is -3.38. The molecule has 0 aromatic carbocycles. The van der Waals surface area contributed by atoms with Crippen LogP contribution in [0.25, 0.3) is 21.8 Å². The highest BCUT2D eigenvalue weighted by Gasteiger charge is 2.18. The third kappa shape index (κ3) is 3.04. The summed E-state index contributed by atoms with van der Waals surface area (Å²) in [5, 5.41) is 15.4. The summed E-state index contributed by atoms with van der Waals surface area (Å²) in [5.41, 5.74) is 7.75. The number of nitrogens with zero attached hydrogens (tertiary/aromatic N) is 4. The van der Waals surface area contributed by atoms with Crippen LogP contribution in [0.1, 0.15) is 5.56 Å². The second-order valence-electron chi connectivity index (χ2n) is 4.61. The predicted octanol–water partition coefficient (Wildman–Crippen LogP) is 1.95. The molecule has 120 valence electrons. The fourth-order valence-electron chi connectivity index (χ4n) is 2.02. The van der Waals surface area contributed by atoms with Crippen LogP contribution in [0.2, 0.25) is 0 Å². The van der Waals surface area contributed by atoms with Crippen LogP contribution in [0.5, 0.6) is 5.88 Å². The SMILES string of the molecule is N#Cc1c(-c2ccoc2)cc(-c2nccs2)nc1OC/C(N)=N/N. The average molecular weight is 340 g/mol. The Bertz CT molecular complexity index is 897. The Morgan fingerprint density at radius 1 is 1.50 bits per heavy atom. The number of pyridine rings is 1. The maximum atomic E-state index is 9.54. The number of nitrogens with two attached hydrogens (primary N) is 2. The van der Waals surface area contributed by atoms with E-state index in [0.29, 0.717) is 16.3 Å². The van der Waals surface area contributed by atoms with Crippen molar-refractivity contribution in [1.82, 2.24) is 9.97 Å². The average Bonchev–Trinajstić information content (AvgIpc) is 3.32. The van der Waals surface area contributed by atoms with E-state index in [1.54, 1.807) is 24.6 Å². The molecule has 4 N–H and O–H groups in total. The number of hydrazone groups is 1. The fourth-order valence-corrected chi connectivity index (χ4v) is 2.62. The molecule has 9 heteroatoms. The summed E-state index contributed by atoms with van der Waals surface area (Å²) in [6, 6.07) is 5.63. The lowest BCUT2D eigenvalue weighted by molar-refractivity contribution is 0.359. The molecule has 0 saturated heterocycles. The van der Waals surface area contributed by atoms with Gasteiger partial charge in [-0.3, -0.25) is 0 Å². The Morgan fingerprint density at radius 2 is 2.38 bits per heavy atom. The number of rotatable bonds is 5. The summed E-state index contributed by atoms with van der Waals surface area (Å²) >= 11 is 1.43. The molecule has 0 saturated carbocycles. The van der Waals surface area contributed by atoms with Gasteiger partial charge < -0.3 is 20.7 Å². The van der Waals surface area contributed by atoms with E-state index in [-0.39, 0.29) is 23.9 Å². The van der Waals surface area contributed by atoms with Gasteiger partial charge in [-0.05, 0) is 12.1 Å². The number of hydrogen-bond acceptors (Lipinski definition) is 8. The summed E-state index contributed by atoms with van der Waals surface area (Å²) in [5.74, 6) is 5.32. The van der Waals surface area contributed by atoms with Crippen LogP contribution in [0.15, 0.2) is 45.8 Å². The van der Waals surface area contributed by atoms with E-state index in [0.717, 1.165) is 5.56 Å². The van der Waals surface area contributed by atoms with Gasteiger partial charge in [-0.2, -0.15) is 10.4 Å². The molecular formula is C15H12N6O2S. The number of nitriles is 1. The van der Waals surface area contributed by atoms with Gasteiger partial charge in [0.1, 0.15) is 28.9 Å². The minimum atomic E-state index is -0.0790. The van der Waals surface area contributed by atoms with Gasteiger partial charge in [0, 0.05) is 22.7 Å². The molecule has 0 amide bonds. The number of furan rings is 1. The number of thiazole rings is 1. The topological polar surface area (TPSA) is 136 Å². The van der Waals surface area contributed by atoms with Crippen molar-refractivity contribution in [2.24, 2.45) is 16.7 Å². The van der Waals surface area contributed by atoms with Crippen molar-refractivity contribution in [2.45, 2.75) is 0 Å². The molecule has 0 bridgehead atoms. The van der Waals surface area contributed by atoms with Crippen molar-refractivity contribution in [2.75, 3.05) is 6.61 Å². The first-order chi connectivity index (χ1) is 11.7. The van der Waals surface area contributed by atoms with Crippen molar-refractivity contribution >= 4 is 17.2 Å². The normalized spacial score (nSPS) is 11.2. The lowest BCUT2D eigenvalue weighted by Crippen LogP contribution is -2.23. The molecule has 3 rings (SSSR count). The molecule has 24 heavy (non-hydrogen) atoms. The van der Waals surface area contributed by atoms with Crippen LogP contribution in [0, 0.1) is 11.3 Å². The molecule has 8 nitrogen and oxygen atoms in total. The zero-order valence-electron chi connectivity index (χ0n) is 12.3. The molecule has 0 unspecified atom stereocenters. The van der Waals surface area contributed by atoms with Crippen LogP contribution in [0.3, 0.4) is 0 Å². The first kappa shape index (κ1) is 15.5. The first-order valence-corrected chi connectivity index (χ1v) is 7.63. The molecule has 3 aromatic rings. The van der Waals surface area contributed by atoms with E-state index < -0.39 is 0 Å². The lowest BCUT2D eigenvalue weighted by Gasteiger charge is -2.11. The Labute approximate surface area is 141 Å². The van der Waals surface area contributed by atoms with Crippen LogP contribution >= 0.6 is 11.3 Å². The van der Waals surface area contributed by atoms with E-state index >= 15 is 0 Å². The lowest BCUT2D eigenvalue weighted by atomic mass is 10.0. The minimum absolute atomic E-state index is 0.0790. The zero-order valence-corrected chi connectivity index (χ0v) is 13.2. The standard InChI is InChI=1S/C15H12N6O2S/c16-6-11-10(9-1-3-22-7-9)5-12(15-19-2-4-24-15)20-14(11)23-8-13(17)21-18/h1-5,7H,8,18H2,(H2,17,21). The van der Waals surface area contributed by atoms with E-state index in [2.05, 4.69) is 21.1 Å². The second kappa shape index (κ2) is 6.80. The van der Waals surface area contributed by atoms with E-state index in [1.165, 1.54) is 17.6 Å². The van der Waals surface area contributed by atoms with Crippen molar-refractivity contribution < 1.29 is 9.15 Å². The summed E-state index contributed by atoms with van der Waals surface area (Å²) in [6.07, 6.45) is 4.75. The molecule has 0 radical (unpaired) electrons. The number of amidine groups is 1. The van der Waals surface area contributed by atoms with Gasteiger partial charge in [-0.15, -0.1) is 11.3 Å². The molecule has 0 spiro atoms. The zero-order chi connectivity index (χ0) is 16.9. The highest BCUT2D eigenvalue weighted by atomic mass is 32.1. The Balaban J connectivity index is 2.13. The molecule has 0 aliphatic heterocycles. The number of hydrogen-bond donors (Lipinski definition) is 2. The minimum Gasteiger partial charge on any atom is -0.472 e. The summed E-state index contributed by atoms with van der Waals surface area (Å²) in [4.78, 5) is 8.63. The van der Waals surface area contributed by atoms with E-state index in [1.807, 2.05) is 5.38 Å². The van der Waals surface area contributed by atoms with Gasteiger partial charge in [0.15, 0.2) is 5.84 Å². The molecule has 3 aromatic heterocycles. The maximum Gasteiger partial charge on any atom is 0.233 e. The highest BCUT2D eigenvalue weighted by molar-refractivity contribution is 7.13. The van der Waals surface area contributed by atoms with Crippen molar-refractivity contribution in [1.29, 1.82) is 5.26 Å². The number of ether oxygens (including phenoxy) is 1. The van der Waals surface area contributed by atoms with Crippen LogP contribution < -0.4 is 16.3 Å². The summed E-state index contributed by atoms with van der Waals surface area (Å²) in [6.45, 7) is -0.0790. The molecule has 0 aliphatic rings. The van der Waals surface area contributed by atoms with Crippen molar-refractivity contribution in [3.05, 3.63) is 41.8 Å². The molecule has 3 heterocycles. The quantitative estimate of drug-likeness (QED) is 0.313. The monoisotopic (exact) mass is 340 g/mol. The van der Waals surface area contributed by atoms with Gasteiger partial charge in [0.25, 0.3) is 0 Å². The molecule has 0 fully saturated rings. The summed E-state index contributed by atoms with van der Waals surface area (Å²) < 4.78 is 10.7. The first-order valence-electron chi connectivity index (χ1n) is 6.75. The fraction of sp³-hybridized carbons (Fsp3) is 0.0667. The van der Waals surface area contributed by atoms with E-state index in [4.69, 9.17) is 20.7 Å². The van der Waals surface area contributed by atoms with Gasteiger partial charge in [0.2, 0.25) is 5.88 Å². The Morgan fingerprint density at radius 3 is 3.00 bits per heavy atom. The second-order valence-corrected chi connectivity index (χ2v) is 5.50. The molecular weight excluding hydrogens is 328 g/mol. The Kier molecular flexibility index (Phi) is 4.40. The molecule has 0 atom stereocenters. The van der Waals surface area contributed by atoms with Gasteiger partial charge in [0.05, 0.1) is 12.5 Å². The van der Waals surface area contributed by atoms with Gasteiger partial charge in [-0.25, -0.2) is 9.97 Å². The third-order valence-corrected chi connectivity index (χ3v) is 3.90. The summed E-state index contributed by atoms with van der Waals surface area (Å²) in [7, 11) is 0. The van der Waals surface area contributed by atoms with Crippen molar-refractivity contribution in [3.8, 4) is 33.8 Å². The highest BCUT2D eigenvalue weighted by Crippen LogP contribution is 2.34. The molecule has 0 aliphatic carbocycles. The van der Waals surface area contributed by atoms with Crippen molar-refractivity contribution in [3.63, 3.8) is 0 Å². The largest absolute Gasteiger partial charge is 0.472 e. The smallest absolute Gasteiger partial charge is 0.233 e. The predicted molar refractivity (Wildman–Crippen MR) is 89.1 cm³/mol. The third-order valence-electron chi connectivity index (χ3n) is 3.10. The van der Waals surface area contributed by atoms with E-state index in [9.17, 15) is 5.26 Å². The maximum absolute atomic E-state index is 9.54. The van der Waals surface area contributed by atoms with Gasteiger partial charge >= 0.3 is 0 Å². The van der Waals surface area contributed by atoms with Crippen LogP contribution in [-0.2, 0) is 0 Å². The van der Waals surface area contributed by atoms with Gasteiger partial charge in [-0.1, -0.05) is 0 Å².